The molecule has 2 saturated heterocycles. The molecule has 2 bridgehead atoms. The third-order valence-corrected chi connectivity index (χ3v) is 6.98. The lowest BCUT2D eigenvalue weighted by atomic mass is 9.73. The number of fused-ring (bicyclic) bond motifs is 5. The van der Waals surface area contributed by atoms with Gasteiger partial charge in [0, 0.05) is 5.92 Å². The summed E-state index contributed by atoms with van der Waals surface area (Å²) in [6.45, 7) is 5.88. The SMILES string of the molecule is Cc1cc(C)c(C2C(=O)[C@@H]3[C@@H]4O[C@@H](C[C@H]4c4ccc(F)c(F)c4)[C@@H]3C2=O)c(C)c1. The second kappa shape index (κ2) is 6.30. The average Bonchev–Trinajstić information content (AvgIpc) is 3.30. The second-order valence-electron chi connectivity index (χ2n) is 8.76. The molecule has 2 heterocycles. The van der Waals surface area contributed by atoms with Crippen molar-refractivity contribution < 1.29 is 23.1 Å². The maximum atomic E-state index is 13.7. The van der Waals surface area contributed by atoms with Crippen LogP contribution in [0, 0.1) is 44.2 Å². The van der Waals surface area contributed by atoms with Crippen LogP contribution in [0.5, 0.6) is 0 Å². The molecule has 0 spiro atoms. The minimum atomic E-state index is -0.903. The number of ketones is 2. The van der Waals surface area contributed by atoms with Crippen molar-refractivity contribution in [3.05, 3.63) is 69.8 Å². The van der Waals surface area contributed by atoms with Crippen LogP contribution in [-0.2, 0) is 14.3 Å². The predicted octanol–water partition coefficient (Wildman–Crippen LogP) is 4.31. The summed E-state index contributed by atoms with van der Waals surface area (Å²) < 4.78 is 33.1. The fourth-order valence-corrected chi connectivity index (χ4v) is 5.96. The quantitative estimate of drug-likeness (QED) is 0.711. The summed E-state index contributed by atoms with van der Waals surface area (Å²) >= 11 is 0. The highest BCUT2D eigenvalue weighted by molar-refractivity contribution is 6.17. The van der Waals surface area contributed by atoms with E-state index in [2.05, 4.69) is 0 Å². The number of halogens is 2. The Hall–Kier alpha value is -2.40. The van der Waals surface area contributed by atoms with E-state index < -0.39 is 35.5 Å². The molecule has 29 heavy (non-hydrogen) atoms. The number of rotatable bonds is 2. The number of aryl methyl sites for hydroxylation is 3. The molecular weight excluding hydrogens is 374 g/mol. The van der Waals surface area contributed by atoms with Crippen LogP contribution < -0.4 is 0 Å². The van der Waals surface area contributed by atoms with Crippen LogP contribution in [-0.4, -0.2) is 23.8 Å². The highest BCUT2D eigenvalue weighted by Gasteiger charge is 2.66. The lowest BCUT2D eigenvalue weighted by molar-refractivity contribution is -0.127. The van der Waals surface area contributed by atoms with E-state index >= 15 is 0 Å². The maximum absolute atomic E-state index is 13.7. The average molecular weight is 396 g/mol. The van der Waals surface area contributed by atoms with Gasteiger partial charge in [-0.15, -0.1) is 0 Å². The number of hydrogen-bond acceptors (Lipinski definition) is 3. The smallest absolute Gasteiger partial charge is 0.159 e. The first-order valence-electron chi connectivity index (χ1n) is 10.0. The lowest BCUT2D eigenvalue weighted by Crippen LogP contribution is -2.34. The first-order chi connectivity index (χ1) is 13.8. The molecule has 6 atom stereocenters. The van der Waals surface area contributed by atoms with Crippen LogP contribution in [0.1, 0.15) is 46.1 Å². The molecule has 2 aromatic rings. The van der Waals surface area contributed by atoms with E-state index in [4.69, 9.17) is 4.74 Å². The Balaban J connectivity index is 1.51. The van der Waals surface area contributed by atoms with Gasteiger partial charge in [0.1, 0.15) is 5.92 Å². The topological polar surface area (TPSA) is 43.4 Å². The molecule has 1 unspecified atom stereocenters. The fourth-order valence-electron chi connectivity index (χ4n) is 5.96. The highest BCUT2D eigenvalue weighted by Crippen LogP contribution is 2.57. The molecule has 150 valence electrons. The number of Topliss-reactive ketones (excluding diaryl/α,β-unsaturated/α-hetero) is 2. The van der Waals surface area contributed by atoms with Crippen molar-refractivity contribution in [1.82, 2.24) is 0 Å². The van der Waals surface area contributed by atoms with Gasteiger partial charge in [0.2, 0.25) is 0 Å². The minimum absolute atomic E-state index is 0.0497. The van der Waals surface area contributed by atoms with Gasteiger partial charge in [0.15, 0.2) is 23.2 Å². The van der Waals surface area contributed by atoms with E-state index in [1.165, 1.54) is 6.07 Å². The van der Waals surface area contributed by atoms with Gasteiger partial charge in [-0.25, -0.2) is 8.78 Å². The summed E-state index contributed by atoms with van der Waals surface area (Å²) in [4.78, 5) is 26.7. The molecule has 5 rings (SSSR count). The molecule has 2 aromatic carbocycles. The molecule has 2 aliphatic heterocycles. The zero-order valence-electron chi connectivity index (χ0n) is 16.5. The van der Waals surface area contributed by atoms with Crippen molar-refractivity contribution in [2.24, 2.45) is 11.8 Å². The Bertz CT molecular complexity index is 1040. The molecule has 0 aromatic heterocycles. The zero-order chi connectivity index (χ0) is 20.6. The molecule has 1 saturated carbocycles. The summed E-state index contributed by atoms with van der Waals surface area (Å²) in [5.41, 5.74) is 4.47. The van der Waals surface area contributed by atoms with Gasteiger partial charge < -0.3 is 4.74 Å². The highest BCUT2D eigenvalue weighted by atomic mass is 19.2. The van der Waals surface area contributed by atoms with E-state index in [-0.39, 0.29) is 23.6 Å². The summed E-state index contributed by atoms with van der Waals surface area (Å²) in [5.74, 6) is -3.83. The first-order valence-corrected chi connectivity index (χ1v) is 10.0. The Labute approximate surface area is 168 Å². The number of carbonyl (C=O) groups excluding carboxylic acids is 2. The summed E-state index contributed by atoms with van der Waals surface area (Å²) in [6.07, 6.45) is -0.243. The zero-order valence-corrected chi connectivity index (χ0v) is 16.5. The predicted molar refractivity (Wildman–Crippen MR) is 103 cm³/mol. The van der Waals surface area contributed by atoms with Crippen LogP contribution in [0.15, 0.2) is 30.3 Å². The maximum Gasteiger partial charge on any atom is 0.159 e. The van der Waals surface area contributed by atoms with Crippen molar-refractivity contribution >= 4 is 11.6 Å². The minimum Gasteiger partial charge on any atom is -0.373 e. The standard InChI is InChI=1S/C24H22F2O3/c1-10-6-11(2)18(12(3)7-10)20-22(27)19-17-9-14(24(29-17)21(19)23(20)28)13-4-5-15(25)16(26)8-13/h4-8,14,17,19-21,24H,9H2,1-3H3/t14-,17-,19-,20?,21+,24+/m0/s1. The second-order valence-corrected chi connectivity index (χ2v) is 8.76. The Kier molecular flexibility index (Phi) is 4.04. The van der Waals surface area contributed by atoms with E-state index in [1.807, 2.05) is 32.9 Å². The molecular formula is C24H22F2O3. The molecule has 3 aliphatic rings. The molecule has 0 amide bonds. The van der Waals surface area contributed by atoms with Gasteiger partial charge in [0.25, 0.3) is 0 Å². The van der Waals surface area contributed by atoms with Crippen molar-refractivity contribution in [3.8, 4) is 0 Å². The third kappa shape index (κ3) is 2.56. The molecule has 0 N–H and O–H groups in total. The van der Waals surface area contributed by atoms with Crippen molar-refractivity contribution in [3.63, 3.8) is 0 Å². The molecule has 5 heteroatoms. The number of hydrogen-bond donors (Lipinski definition) is 0. The number of carbonyl (C=O) groups is 2. The van der Waals surface area contributed by atoms with Crippen molar-refractivity contribution in [1.29, 1.82) is 0 Å². The van der Waals surface area contributed by atoms with Crippen molar-refractivity contribution in [2.45, 2.75) is 51.2 Å². The van der Waals surface area contributed by atoms with E-state index in [9.17, 15) is 18.4 Å². The van der Waals surface area contributed by atoms with Crippen LogP contribution in [0.4, 0.5) is 8.78 Å². The van der Waals surface area contributed by atoms with Gasteiger partial charge >= 0.3 is 0 Å². The summed E-state index contributed by atoms with van der Waals surface area (Å²) in [7, 11) is 0. The van der Waals surface area contributed by atoms with Gasteiger partial charge in [-0.3, -0.25) is 9.59 Å². The van der Waals surface area contributed by atoms with Gasteiger partial charge in [0.05, 0.1) is 24.0 Å². The Morgan fingerprint density at radius 3 is 2.21 bits per heavy atom. The molecule has 0 radical (unpaired) electrons. The van der Waals surface area contributed by atoms with Crippen LogP contribution in [0.3, 0.4) is 0 Å². The molecule has 3 fully saturated rings. The molecule has 1 aliphatic carbocycles. The summed E-state index contributed by atoms with van der Waals surface area (Å²) in [6, 6.07) is 7.86. The van der Waals surface area contributed by atoms with Crippen LogP contribution in [0.25, 0.3) is 0 Å². The van der Waals surface area contributed by atoms with Crippen molar-refractivity contribution in [2.75, 3.05) is 0 Å². The number of ether oxygens (including phenoxy) is 1. The summed E-state index contributed by atoms with van der Waals surface area (Å²) in [5, 5.41) is 0. The van der Waals surface area contributed by atoms with Crippen LogP contribution >= 0.6 is 0 Å². The molecule has 3 nitrogen and oxygen atoms in total. The largest absolute Gasteiger partial charge is 0.373 e. The van der Waals surface area contributed by atoms with Gasteiger partial charge in [-0.2, -0.15) is 0 Å². The lowest BCUT2D eigenvalue weighted by Gasteiger charge is -2.26. The normalized spacial score (nSPS) is 32.9. The van der Waals surface area contributed by atoms with Gasteiger partial charge in [-0.05, 0) is 61.6 Å². The Morgan fingerprint density at radius 2 is 1.55 bits per heavy atom. The van der Waals surface area contributed by atoms with E-state index in [1.54, 1.807) is 6.07 Å². The third-order valence-electron chi connectivity index (χ3n) is 6.98. The fraction of sp³-hybridized carbons (Fsp3) is 0.417. The first kappa shape index (κ1) is 18.6. The van der Waals surface area contributed by atoms with E-state index in [0.717, 1.165) is 28.3 Å². The van der Waals surface area contributed by atoms with E-state index in [0.29, 0.717) is 12.0 Å². The monoisotopic (exact) mass is 396 g/mol. The number of benzene rings is 2. The van der Waals surface area contributed by atoms with Crippen LogP contribution in [0.2, 0.25) is 0 Å². The van der Waals surface area contributed by atoms with Gasteiger partial charge in [-0.1, -0.05) is 23.8 Å². The Morgan fingerprint density at radius 1 is 0.897 bits per heavy atom.